The van der Waals surface area contributed by atoms with Crippen molar-refractivity contribution in [3.63, 3.8) is 0 Å². The molecule has 0 unspecified atom stereocenters. The molecule has 0 aliphatic carbocycles. The van der Waals surface area contributed by atoms with Crippen molar-refractivity contribution in [3.05, 3.63) is 17.3 Å². The predicted molar refractivity (Wildman–Crippen MR) is 47.8 cm³/mol. The Morgan fingerprint density at radius 3 is 2.39 bits per heavy atom. The number of alkyl halides is 5. The first-order valence-electron chi connectivity index (χ1n) is 4.36. The normalized spacial score (nSPS) is 11.5. The van der Waals surface area contributed by atoms with Crippen LogP contribution in [-0.4, -0.2) is 24.7 Å². The van der Waals surface area contributed by atoms with Crippen molar-refractivity contribution >= 4 is 6.29 Å². The monoisotopic (exact) mass is 271 g/mol. The number of aromatic nitrogens is 1. The summed E-state index contributed by atoms with van der Waals surface area (Å²) in [6.45, 7) is 0. The lowest BCUT2D eigenvalue weighted by Gasteiger charge is -2.13. The summed E-state index contributed by atoms with van der Waals surface area (Å²) in [7, 11) is 0.986. The first-order valence-corrected chi connectivity index (χ1v) is 4.36. The summed E-state index contributed by atoms with van der Waals surface area (Å²) in [6.07, 6.45) is -8.24. The number of halogens is 5. The topological polar surface area (TPSA) is 48.4 Å². The Kier molecular flexibility index (Phi) is 4.04. The molecule has 0 amide bonds. The minimum atomic E-state index is -5.10. The largest absolute Gasteiger partial charge is 0.574 e. The van der Waals surface area contributed by atoms with Gasteiger partial charge in [0.05, 0.1) is 12.7 Å². The number of aldehydes is 1. The van der Waals surface area contributed by atoms with E-state index in [1.165, 1.54) is 0 Å². The lowest BCUT2D eigenvalue weighted by atomic mass is 10.2. The number of ether oxygens (including phenoxy) is 2. The lowest BCUT2D eigenvalue weighted by Crippen LogP contribution is -2.18. The van der Waals surface area contributed by atoms with E-state index in [9.17, 15) is 26.7 Å². The van der Waals surface area contributed by atoms with E-state index in [-0.39, 0.29) is 6.29 Å². The molecule has 0 atom stereocenters. The van der Waals surface area contributed by atoms with Crippen LogP contribution < -0.4 is 9.47 Å². The van der Waals surface area contributed by atoms with Crippen LogP contribution in [0.15, 0.2) is 6.07 Å². The molecule has 1 aromatic heterocycles. The Balaban J connectivity index is 3.32. The van der Waals surface area contributed by atoms with Gasteiger partial charge in [0.1, 0.15) is 0 Å². The molecule has 9 heteroatoms. The predicted octanol–water partition coefficient (Wildman–Crippen LogP) is 2.74. The Hall–Kier alpha value is -1.93. The van der Waals surface area contributed by atoms with Gasteiger partial charge in [-0.05, 0) is 0 Å². The van der Waals surface area contributed by atoms with Crippen LogP contribution in [-0.2, 0) is 0 Å². The van der Waals surface area contributed by atoms with Crippen molar-refractivity contribution in [2.24, 2.45) is 0 Å². The molecule has 1 rings (SSSR count). The van der Waals surface area contributed by atoms with Gasteiger partial charge in [-0.25, -0.2) is 13.8 Å². The third-order valence-corrected chi connectivity index (χ3v) is 1.76. The molecule has 0 spiro atoms. The molecule has 0 saturated heterocycles. The van der Waals surface area contributed by atoms with Crippen molar-refractivity contribution in [2.75, 3.05) is 7.11 Å². The summed E-state index contributed by atoms with van der Waals surface area (Å²) in [5, 5.41) is 0. The second kappa shape index (κ2) is 5.15. The van der Waals surface area contributed by atoms with E-state index in [0.717, 1.165) is 7.11 Å². The maximum Gasteiger partial charge on any atom is 0.574 e. The van der Waals surface area contributed by atoms with Crippen molar-refractivity contribution in [3.8, 4) is 11.6 Å². The highest BCUT2D eigenvalue weighted by Crippen LogP contribution is 2.33. The van der Waals surface area contributed by atoms with Gasteiger partial charge < -0.3 is 9.47 Å². The Labute approximate surface area is 97.3 Å². The zero-order valence-electron chi connectivity index (χ0n) is 8.79. The summed E-state index contributed by atoms with van der Waals surface area (Å²) in [6, 6.07) is 0.561. The molecule has 0 aromatic carbocycles. The van der Waals surface area contributed by atoms with Crippen LogP contribution in [0, 0.1) is 0 Å². The second-order valence-electron chi connectivity index (χ2n) is 2.93. The number of carbonyl (C=O) groups is 1. The fourth-order valence-electron chi connectivity index (χ4n) is 1.18. The molecule has 18 heavy (non-hydrogen) atoms. The first-order chi connectivity index (χ1) is 8.28. The maximum atomic E-state index is 12.5. The van der Waals surface area contributed by atoms with E-state index in [0.29, 0.717) is 6.07 Å². The standard InChI is InChI=1S/C9H6F5NO3/c1-17-7-4(3-16)2-5(18-9(12,13)14)15-6(7)8(10)11/h2-3,8H,1H3. The van der Waals surface area contributed by atoms with Crippen molar-refractivity contribution < 1.29 is 36.2 Å². The van der Waals surface area contributed by atoms with E-state index in [2.05, 4.69) is 14.5 Å². The van der Waals surface area contributed by atoms with Gasteiger partial charge >= 0.3 is 6.36 Å². The fraction of sp³-hybridized carbons (Fsp3) is 0.333. The van der Waals surface area contributed by atoms with Crippen LogP contribution in [0.1, 0.15) is 22.5 Å². The number of methoxy groups -OCH3 is 1. The van der Waals surface area contributed by atoms with Crippen LogP contribution in [0.2, 0.25) is 0 Å². The fourth-order valence-corrected chi connectivity index (χ4v) is 1.18. The molecule has 4 nitrogen and oxygen atoms in total. The van der Waals surface area contributed by atoms with Crippen molar-refractivity contribution in [1.82, 2.24) is 4.98 Å². The molecule has 0 saturated carbocycles. The SMILES string of the molecule is COc1c(C=O)cc(OC(F)(F)F)nc1C(F)F. The van der Waals surface area contributed by atoms with Gasteiger partial charge in [0.15, 0.2) is 17.7 Å². The average Bonchev–Trinajstić information content (AvgIpc) is 2.25. The molecule has 1 heterocycles. The average molecular weight is 271 g/mol. The van der Waals surface area contributed by atoms with E-state index < -0.39 is 35.7 Å². The Morgan fingerprint density at radius 1 is 1.39 bits per heavy atom. The third kappa shape index (κ3) is 3.28. The van der Waals surface area contributed by atoms with E-state index in [4.69, 9.17) is 0 Å². The van der Waals surface area contributed by atoms with Crippen LogP contribution in [0.3, 0.4) is 0 Å². The van der Waals surface area contributed by atoms with Gasteiger partial charge in [-0.2, -0.15) is 0 Å². The van der Waals surface area contributed by atoms with E-state index >= 15 is 0 Å². The zero-order chi connectivity index (χ0) is 13.9. The minimum Gasteiger partial charge on any atom is -0.494 e. The molecule has 100 valence electrons. The Bertz CT molecular complexity index is 447. The van der Waals surface area contributed by atoms with Crippen LogP contribution in [0.25, 0.3) is 0 Å². The highest BCUT2D eigenvalue weighted by Gasteiger charge is 2.33. The summed E-state index contributed by atoms with van der Waals surface area (Å²) in [5.41, 5.74) is -1.61. The number of hydrogen-bond donors (Lipinski definition) is 0. The summed E-state index contributed by atoms with van der Waals surface area (Å²) in [5.74, 6) is -1.74. The van der Waals surface area contributed by atoms with E-state index in [1.807, 2.05) is 0 Å². The number of hydrogen-bond acceptors (Lipinski definition) is 4. The smallest absolute Gasteiger partial charge is 0.494 e. The number of pyridine rings is 1. The quantitative estimate of drug-likeness (QED) is 0.624. The van der Waals surface area contributed by atoms with Gasteiger partial charge in [-0.1, -0.05) is 0 Å². The van der Waals surface area contributed by atoms with Gasteiger partial charge in [-0.15, -0.1) is 13.2 Å². The first kappa shape index (κ1) is 14.1. The summed E-state index contributed by atoms with van der Waals surface area (Å²) >= 11 is 0. The van der Waals surface area contributed by atoms with Crippen molar-refractivity contribution in [1.29, 1.82) is 0 Å². The highest BCUT2D eigenvalue weighted by atomic mass is 19.4. The molecule has 0 fully saturated rings. The molecular formula is C9H6F5NO3. The molecular weight excluding hydrogens is 265 g/mol. The third-order valence-electron chi connectivity index (χ3n) is 1.76. The molecule has 1 aromatic rings. The maximum absolute atomic E-state index is 12.5. The van der Waals surface area contributed by atoms with Crippen molar-refractivity contribution in [2.45, 2.75) is 12.8 Å². The molecule has 0 bridgehead atoms. The number of carbonyl (C=O) groups excluding carboxylic acids is 1. The van der Waals surface area contributed by atoms with Gasteiger partial charge in [0.2, 0.25) is 5.88 Å². The summed E-state index contributed by atoms with van der Waals surface area (Å²) in [4.78, 5) is 13.6. The second-order valence-corrected chi connectivity index (χ2v) is 2.93. The molecule has 0 aliphatic rings. The Morgan fingerprint density at radius 2 is 2.00 bits per heavy atom. The van der Waals surface area contributed by atoms with Gasteiger partial charge in [-0.3, -0.25) is 4.79 Å². The lowest BCUT2D eigenvalue weighted by molar-refractivity contribution is -0.276. The van der Waals surface area contributed by atoms with Crippen LogP contribution in [0.4, 0.5) is 22.0 Å². The van der Waals surface area contributed by atoms with Crippen LogP contribution >= 0.6 is 0 Å². The molecule has 0 radical (unpaired) electrons. The van der Waals surface area contributed by atoms with Crippen LogP contribution in [0.5, 0.6) is 11.6 Å². The van der Waals surface area contributed by atoms with E-state index in [1.54, 1.807) is 0 Å². The highest BCUT2D eigenvalue weighted by molar-refractivity contribution is 5.80. The zero-order valence-corrected chi connectivity index (χ0v) is 8.79. The molecule has 0 aliphatic heterocycles. The van der Waals surface area contributed by atoms with Gasteiger partial charge in [0, 0.05) is 6.07 Å². The molecule has 0 N–H and O–H groups in total. The number of nitrogens with zero attached hydrogens (tertiary/aromatic N) is 1. The number of rotatable bonds is 4. The minimum absolute atomic E-state index is 0.0651. The summed E-state index contributed by atoms with van der Waals surface area (Å²) < 4.78 is 68.7. The van der Waals surface area contributed by atoms with Gasteiger partial charge in [0.25, 0.3) is 6.43 Å².